The largest absolute Gasteiger partial charge is 0.480 e. The number of hydrogen-bond acceptors (Lipinski definition) is 3. The summed E-state index contributed by atoms with van der Waals surface area (Å²) in [7, 11) is 0. The Bertz CT molecular complexity index is 1130. The Morgan fingerprint density at radius 3 is 2.48 bits per heavy atom. The number of carboxylic acids is 1. The minimum absolute atomic E-state index is 0.177. The van der Waals surface area contributed by atoms with Crippen molar-refractivity contribution < 1.29 is 14.7 Å². The second-order valence-electron chi connectivity index (χ2n) is 7.06. The van der Waals surface area contributed by atoms with Crippen LogP contribution in [0.15, 0.2) is 54.6 Å². The molecule has 0 aromatic heterocycles. The predicted octanol–water partition coefficient (Wildman–Crippen LogP) is 5.51. The molecule has 0 spiro atoms. The van der Waals surface area contributed by atoms with Gasteiger partial charge in [-0.2, -0.15) is 0 Å². The topological polar surface area (TPSA) is 69.6 Å². The molecule has 1 aliphatic rings. The van der Waals surface area contributed by atoms with Crippen molar-refractivity contribution in [2.75, 3.05) is 10.2 Å². The summed E-state index contributed by atoms with van der Waals surface area (Å²) in [5.74, 6) is -1.20. The van der Waals surface area contributed by atoms with E-state index < -0.39 is 18.1 Å². The third-order valence-corrected chi connectivity index (χ3v) is 5.71. The van der Waals surface area contributed by atoms with Gasteiger partial charge in [0, 0.05) is 40.3 Å². The van der Waals surface area contributed by atoms with Crippen LogP contribution in [-0.2, 0) is 9.59 Å². The lowest BCUT2D eigenvalue weighted by molar-refractivity contribution is -0.138. The maximum Gasteiger partial charge on any atom is 0.326 e. The molecule has 4 rings (SSSR count). The van der Waals surface area contributed by atoms with Gasteiger partial charge < -0.3 is 15.3 Å². The zero-order valence-corrected chi connectivity index (χ0v) is 17.0. The Morgan fingerprint density at radius 2 is 1.79 bits per heavy atom. The Morgan fingerprint density at radius 1 is 1.07 bits per heavy atom. The molecule has 2 N–H and O–H groups in total. The summed E-state index contributed by atoms with van der Waals surface area (Å²) in [6.45, 7) is 1.47. The number of carbonyl (C=O) groups is 2. The number of benzene rings is 3. The summed E-state index contributed by atoms with van der Waals surface area (Å²) >= 11 is 12.6. The van der Waals surface area contributed by atoms with Gasteiger partial charge in [0.25, 0.3) is 0 Å². The lowest BCUT2D eigenvalue weighted by Crippen LogP contribution is -2.43. The van der Waals surface area contributed by atoms with Crippen molar-refractivity contribution >= 4 is 57.2 Å². The Kier molecular flexibility index (Phi) is 5.11. The van der Waals surface area contributed by atoms with Crippen LogP contribution in [0.2, 0.25) is 10.0 Å². The molecule has 5 nitrogen and oxygen atoms in total. The number of nitrogens with zero attached hydrogens (tertiary/aromatic N) is 1. The highest BCUT2D eigenvalue weighted by Gasteiger charge is 2.37. The van der Waals surface area contributed by atoms with Crippen LogP contribution in [0.1, 0.15) is 24.9 Å². The molecule has 7 heteroatoms. The van der Waals surface area contributed by atoms with Gasteiger partial charge >= 0.3 is 5.97 Å². The van der Waals surface area contributed by atoms with Gasteiger partial charge in [0.1, 0.15) is 6.04 Å². The van der Waals surface area contributed by atoms with E-state index >= 15 is 0 Å². The first kappa shape index (κ1) is 19.6. The van der Waals surface area contributed by atoms with Gasteiger partial charge in [-0.15, -0.1) is 0 Å². The first-order valence-electron chi connectivity index (χ1n) is 9.12. The number of carbonyl (C=O) groups excluding carboxylic acids is 1. The number of fused-ring (bicyclic) bond motifs is 2. The highest BCUT2D eigenvalue weighted by Crippen LogP contribution is 2.44. The maximum absolute atomic E-state index is 12.7. The summed E-state index contributed by atoms with van der Waals surface area (Å²) in [5.41, 5.74) is 1.87. The number of amides is 1. The highest BCUT2D eigenvalue weighted by molar-refractivity contribution is 6.35. The van der Waals surface area contributed by atoms with Crippen molar-refractivity contribution in [2.45, 2.75) is 25.4 Å². The number of anilines is 2. The molecule has 3 aromatic carbocycles. The van der Waals surface area contributed by atoms with E-state index in [-0.39, 0.29) is 12.3 Å². The van der Waals surface area contributed by atoms with Crippen molar-refractivity contribution in [3.8, 4) is 0 Å². The van der Waals surface area contributed by atoms with Crippen molar-refractivity contribution in [1.29, 1.82) is 0 Å². The molecule has 0 aliphatic carbocycles. The van der Waals surface area contributed by atoms with E-state index in [0.717, 1.165) is 10.8 Å². The quantitative estimate of drug-likeness (QED) is 0.576. The van der Waals surface area contributed by atoms with Crippen LogP contribution in [0, 0.1) is 0 Å². The number of rotatable bonds is 3. The van der Waals surface area contributed by atoms with Crippen LogP contribution in [0.25, 0.3) is 10.8 Å². The van der Waals surface area contributed by atoms with E-state index in [1.165, 1.54) is 6.92 Å². The zero-order valence-electron chi connectivity index (χ0n) is 15.5. The normalized spacial score (nSPS) is 18.0. The summed E-state index contributed by atoms with van der Waals surface area (Å²) in [4.78, 5) is 26.1. The van der Waals surface area contributed by atoms with E-state index in [4.69, 9.17) is 23.2 Å². The summed E-state index contributed by atoms with van der Waals surface area (Å²) in [6.07, 6.45) is 0.177. The highest BCUT2D eigenvalue weighted by atomic mass is 35.5. The molecular formula is C22H18Cl2N2O3. The smallest absolute Gasteiger partial charge is 0.326 e. The SMILES string of the molecule is CC(=O)N(c1ccc2ccccc2c1)C1CC(C(=O)O)Nc2cc(Cl)cc(Cl)c21. The van der Waals surface area contributed by atoms with Crippen LogP contribution in [0.4, 0.5) is 11.4 Å². The van der Waals surface area contributed by atoms with E-state index in [9.17, 15) is 14.7 Å². The summed E-state index contributed by atoms with van der Waals surface area (Å²) in [5, 5.41) is 15.4. The van der Waals surface area contributed by atoms with Crippen LogP contribution in [-0.4, -0.2) is 23.0 Å². The predicted molar refractivity (Wildman–Crippen MR) is 116 cm³/mol. The van der Waals surface area contributed by atoms with Crippen molar-refractivity contribution in [3.05, 3.63) is 70.2 Å². The van der Waals surface area contributed by atoms with E-state index in [0.29, 0.717) is 27.0 Å². The number of aliphatic carboxylic acids is 1. The minimum atomic E-state index is -1.00. The van der Waals surface area contributed by atoms with Crippen molar-refractivity contribution in [1.82, 2.24) is 0 Å². The van der Waals surface area contributed by atoms with Gasteiger partial charge in [-0.05, 0) is 35.0 Å². The fraction of sp³-hybridized carbons (Fsp3) is 0.182. The molecule has 148 valence electrons. The standard InChI is InChI=1S/C22H18Cl2N2O3/c1-12(27)26(16-7-6-13-4-2-3-5-14(13)8-16)20-11-19(22(28)29)25-18-10-15(23)9-17(24)21(18)20/h2-10,19-20,25H,11H2,1H3,(H,28,29). The van der Waals surface area contributed by atoms with Gasteiger partial charge in [-0.1, -0.05) is 53.5 Å². The molecule has 2 atom stereocenters. The van der Waals surface area contributed by atoms with Crippen LogP contribution < -0.4 is 10.2 Å². The summed E-state index contributed by atoms with van der Waals surface area (Å²) < 4.78 is 0. The molecule has 2 unspecified atom stereocenters. The van der Waals surface area contributed by atoms with Gasteiger partial charge in [0.05, 0.1) is 6.04 Å². The number of nitrogens with one attached hydrogen (secondary N) is 1. The molecule has 1 heterocycles. The van der Waals surface area contributed by atoms with E-state index in [1.807, 2.05) is 42.5 Å². The number of hydrogen-bond donors (Lipinski definition) is 2. The first-order valence-corrected chi connectivity index (χ1v) is 9.87. The molecule has 0 fully saturated rings. The van der Waals surface area contributed by atoms with Crippen LogP contribution >= 0.6 is 23.2 Å². The maximum atomic E-state index is 12.7. The lowest BCUT2D eigenvalue weighted by Gasteiger charge is -2.39. The Balaban J connectivity index is 1.88. The Hall–Kier alpha value is -2.76. The van der Waals surface area contributed by atoms with Crippen LogP contribution in [0.5, 0.6) is 0 Å². The second kappa shape index (κ2) is 7.58. The third kappa shape index (κ3) is 3.63. The molecule has 0 bridgehead atoms. The van der Waals surface area contributed by atoms with Gasteiger partial charge in [0.2, 0.25) is 5.91 Å². The molecule has 0 saturated carbocycles. The molecular weight excluding hydrogens is 411 g/mol. The monoisotopic (exact) mass is 428 g/mol. The second-order valence-corrected chi connectivity index (χ2v) is 7.90. The molecule has 29 heavy (non-hydrogen) atoms. The van der Waals surface area contributed by atoms with Crippen LogP contribution in [0.3, 0.4) is 0 Å². The molecule has 0 saturated heterocycles. The van der Waals surface area contributed by atoms with Gasteiger partial charge in [-0.3, -0.25) is 4.79 Å². The van der Waals surface area contributed by atoms with Gasteiger partial charge in [-0.25, -0.2) is 4.79 Å². The Labute approximate surface area is 177 Å². The van der Waals surface area contributed by atoms with Crippen molar-refractivity contribution in [3.63, 3.8) is 0 Å². The van der Waals surface area contributed by atoms with E-state index in [2.05, 4.69) is 5.32 Å². The summed E-state index contributed by atoms with van der Waals surface area (Å²) in [6, 6.07) is 15.4. The number of carboxylic acid groups (broad SMARTS) is 1. The average molecular weight is 429 g/mol. The average Bonchev–Trinajstić information content (AvgIpc) is 2.66. The van der Waals surface area contributed by atoms with Gasteiger partial charge in [0.15, 0.2) is 0 Å². The molecule has 3 aromatic rings. The number of halogens is 2. The molecule has 1 aliphatic heterocycles. The third-order valence-electron chi connectivity index (χ3n) is 5.18. The first-order chi connectivity index (χ1) is 13.8. The zero-order chi connectivity index (χ0) is 20.7. The minimum Gasteiger partial charge on any atom is -0.480 e. The fourth-order valence-corrected chi connectivity index (χ4v) is 4.55. The molecule has 0 radical (unpaired) electrons. The fourth-order valence-electron chi connectivity index (χ4n) is 3.94. The molecule has 1 amide bonds. The van der Waals surface area contributed by atoms with Crippen molar-refractivity contribution in [2.24, 2.45) is 0 Å². The lowest BCUT2D eigenvalue weighted by atomic mass is 9.90. The van der Waals surface area contributed by atoms with E-state index in [1.54, 1.807) is 17.0 Å².